The van der Waals surface area contributed by atoms with E-state index in [4.69, 9.17) is 0 Å². The lowest BCUT2D eigenvalue weighted by Crippen LogP contribution is -2.46. The summed E-state index contributed by atoms with van der Waals surface area (Å²) in [4.78, 5) is 27.2. The molecule has 6 nitrogen and oxygen atoms in total. The number of carbonyl (C=O) groups excluding carboxylic acids is 1. The number of hydrogen-bond acceptors (Lipinski definition) is 6. The van der Waals surface area contributed by atoms with Crippen molar-refractivity contribution < 1.29 is 4.79 Å². The van der Waals surface area contributed by atoms with E-state index in [9.17, 15) is 4.79 Å². The van der Waals surface area contributed by atoms with Gasteiger partial charge in [-0.25, -0.2) is 9.97 Å². The zero-order valence-electron chi connectivity index (χ0n) is 17.1. The fourth-order valence-corrected chi connectivity index (χ4v) is 4.62. The highest BCUT2D eigenvalue weighted by atomic mass is 32.1. The molecule has 3 heterocycles. The number of nitrogens with one attached hydrogen (secondary N) is 1. The molecule has 5 rings (SSSR count). The van der Waals surface area contributed by atoms with Crippen LogP contribution < -0.4 is 10.2 Å². The van der Waals surface area contributed by atoms with Crippen molar-refractivity contribution in [3.8, 4) is 0 Å². The molecule has 0 radical (unpaired) electrons. The molecule has 31 heavy (non-hydrogen) atoms. The molecule has 1 N–H and O–H groups in total. The third kappa shape index (κ3) is 4.42. The Morgan fingerprint density at radius 1 is 0.935 bits per heavy atom. The van der Waals surface area contributed by atoms with Crippen molar-refractivity contribution in [1.82, 2.24) is 14.9 Å². The Balaban J connectivity index is 1.17. The van der Waals surface area contributed by atoms with E-state index in [1.807, 2.05) is 54.6 Å². The minimum absolute atomic E-state index is 0.0871. The predicted molar refractivity (Wildman–Crippen MR) is 126 cm³/mol. The first kappa shape index (κ1) is 19.7. The van der Waals surface area contributed by atoms with Crippen LogP contribution in [0.1, 0.15) is 15.9 Å². The molecular formula is C24H23N5OS. The summed E-state index contributed by atoms with van der Waals surface area (Å²) in [5.41, 5.74) is 2.69. The van der Waals surface area contributed by atoms with E-state index in [-0.39, 0.29) is 5.91 Å². The first-order valence-corrected chi connectivity index (χ1v) is 11.2. The van der Waals surface area contributed by atoms with Crippen molar-refractivity contribution in [3.05, 3.63) is 83.5 Å². The maximum absolute atomic E-state index is 12.4. The smallest absolute Gasteiger partial charge is 0.255 e. The average molecular weight is 430 g/mol. The summed E-state index contributed by atoms with van der Waals surface area (Å²) in [5, 5.41) is 6.14. The molecule has 4 aromatic rings. The van der Waals surface area contributed by atoms with Crippen LogP contribution in [0.25, 0.3) is 10.2 Å². The van der Waals surface area contributed by atoms with Crippen molar-refractivity contribution in [2.24, 2.45) is 0 Å². The molecule has 0 saturated carbocycles. The summed E-state index contributed by atoms with van der Waals surface area (Å²) in [6, 6.07) is 19.5. The molecule has 1 aliphatic heterocycles. The Labute approximate surface area is 185 Å². The van der Waals surface area contributed by atoms with Crippen LogP contribution in [-0.2, 0) is 6.54 Å². The number of piperazine rings is 1. The summed E-state index contributed by atoms with van der Waals surface area (Å²) >= 11 is 1.65. The predicted octanol–water partition coefficient (Wildman–Crippen LogP) is 4.27. The Morgan fingerprint density at radius 2 is 1.71 bits per heavy atom. The molecule has 156 valence electrons. The van der Waals surface area contributed by atoms with E-state index >= 15 is 0 Å². The van der Waals surface area contributed by atoms with Crippen LogP contribution in [0.5, 0.6) is 0 Å². The molecule has 1 fully saturated rings. The molecule has 1 saturated heterocycles. The maximum atomic E-state index is 12.4. The zero-order valence-corrected chi connectivity index (χ0v) is 17.9. The van der Waals surface area contributed by atoms with E-state index in [1.54, 1.807) is 17.7 Å². The molecule has 1 amide bonds. The van der Waals surface area contributed by atoms with Gasteiger partial charge in [-0.3, -0.25) is 9.69 Å². The molecule has 0 spiro atoms. The summed E-state index contributed by atoms with van der Waals surface area (Å²) in [6.07, 6.45) is 1.66. The molecule has 2 aromatic heterocycles. The third-order valence-electron chi connectivity index (χ3n) is 5.57. The van der Waals surface area contributed by atoms with Crippen LogP contribution in [0.3, 0.4) is 0 Å². The van der Waals surface area contributed by atoms with Gasteiger partial charge in [-0.1, -0.05) is 30.3 Å². The van der Waals surface area contributed by atoms with Gasteiger partial charge in [-0.05, 0) is 41.3 Å². The summed E-state index contributed by atoms with van der Waals surface area (Å²) < 4.78 is 0. The van der Waals surface area contributed by atoms with Crippen LogP contribution in [0, 0.1) is 0 Å². The standard InChI is InChI=1S/C24H23N5OS/c30-23(27-20-4-2-1-3-5-20)19-8-6-18(7-9-19)16-28-11-13-29(14-12-28)22-21-10-15-31-24(21)26-17-25-22/h1-10,15,17H,11-14,16H2,(H,27,30). The van der Waals surface area contributed by atoms with Crippen LogP contribution in [0.2, 0.25) is 0 Å². The van der Waals surface area contributed by atoms with Crippen molar-refractivity contribution in [2.75, 3.05) is 36.4 Å². The number of anilines is 2. The number of hydrogen-bond donors (Lipinski definition) is 1. The van der Waals surface area contributed by atoms with E-state index < -0.39 is 0 Å². The molecule has 0 atom stereocenters. The van der Waals surface area contributed by atoms with Gasteiger partial charge in [0.15, 0.2) is 0 Å². The number of para-hydroxylation sites is 1. The molecule has 0 aliphatic carbocycles. The van der Waals surface area contributed by atoms with Crippen LogP contribution in [-0.4, -0.2) is 47.0 Å². The second-order valence-electron chi connectivity index (χ2n) is 7.62. The number of nitrogens with zero attached hydrogens (tertiary/aromatic N) is 4. The number of benzene rings is 2. The SMILES string of the molecule is O=C(Nc1ccccc1)c1ccc(CN2CCN(c3ncnc4sccc34)CC2)cc1. The topological polar surface area (TPSA) is 61.4 Å². The van der Waals surface area contributed by atoms with Gasteiger partial charge in [0.25, 0.3) is 5.91 Å². The van der Waals surface area contributed by atoms with Crippen LogP contribution in [0.4, 0.5) is 11.5 Å². The van der Waals surface area contributed by atoms with Gasteiger partial charge >= 0.3 is 0 Å². The minimum atomic E-state index is -0.0871. The second-order valence-corrected chi connectivity index (χ2v) is 8.51. The van der Waals surface area contributed by atoms with Crippen molar-refractivity contribution in [2.45, 2.75) is 6.54 Å². The lowest BCUT2D eigenvalue weighted by Gasteiger charge is -2.35. The van der Waals surface area contributed by atoms with Gasteiger partial charge in [-0.15, -0.1) is 11.3 Å². The fraction of sp³-hybridized carbons (Fsp3) is 0.208. The molecule has 0 unspecified atom stereocenters. The number of thiophene rings is 1. The number of aromatic nitrogens is 2. The first-order valence-electron chi connectivity index (χ1n) is 10.4. The monoisotopic (exact) mass is 429 g/mol. The normalized spacial score (nSPS) is 14.6. The summed E-state index contributed by atoms with van der Waals surface area (Å²) in [7, 11) is 0. The molecule has 2 aromatic carbocycles. The number of amides is 1. The van der Waals surface area contributed by atoms with Gasteiger partial charge < -0.3 is 10.2 Å². The summed E-state index contributed by atoms with van der Waals surface area (Å²) in [6.45, 7) is 4.73. The highest BCUT2D eigenvalue weighted by molar-refractivity contribution is 7.16. The quantitative estimate of drug-likeness (QED) is 0.514. The second kappa shape index (κ2) is 8.83. The van der Waals surface area contributed by atoms with E-state index in [0.29, 0.717) is 5.56 Å². The lowest BCUT2D eigenvalue weighted by atomic mass is 10.1. The van der Waals surface area contributed by atoms with Gasteiger partial charge in [0.1, 0.15) is 17.0 Å². The van der Waals surface area contributed by atoms with E-state index in [2.05, 4.69) is 36.5 Å². The van der Waals surface area contributed by atoms with Crippen molar-refractivity contribution in [3.63, 3.8) is 0 Å². The third-order valence-corrected chi connectivity index (χ3v) is 6.39. The zero-order chi connectivity index (χ0) is 21.0. The largest absolute Gasteiger partial charge is 0.353 e. The van der Waals surface area contributed by atoms with E-state index in [0.717, 1.165) is 54.4 Å². The highest BCUT2D eigenvalue weighted by Crippen LogP contribution is 2.27. The van der Waals surface area contributed by atoms with Gasteiger partial charge in [0.2, 0.25) is 0 Å². The van der Waals surface area contributed by atoms with Gasteiger partial charge in [0.05, 0.1) is 5.39 Å². The maximum Gasteiger partial charge on any atom is 0.255 e. The van der Waals surface area contributed by atoms with Gasteiger partial charge in [-0.2, -0.15) is 0 Å². The Kier molecular flexibility index (Phi) is 5.60. The van der Waals surface area contributed by atoms with E-state index in [1.165, 1.54) is 5.56 Å². The Bertz CT molecular complexity index is 1170. The highest BCUT2D eigenvalue weighted by Gasteiger charge is 2.20. The molecule has 1 aliphatic rings. The molecular weight excluding hydrogens is 406 g/mol. The minimum Gasteiger partial charge on any atom is -0.353 e. The van der Waals surface area contributed by atoms with Crippen LogP contribution in [0.15, 0.2) is 72.4 Å². The first-order chi connectivity index (χ1) is 15.3. The number of rotatable bonds is 5. The Hall–Kier alpha value is -3.29. The average Bonchev–Trinajstić information content (AvgIpc) is 3.30. The fourth-order valence-electron chi connectivity index (χ4n) is 3.89. The van der Waals surface area contributed by atoms with Crippen molar-refractivity contribution in [1.29, 1.82) is 0 Å². The van der Waals surface area contributed by atoms with Crippen LogP contribution >= 0.6 is 11.3 Å². The number of fused-ring (bicyclic) bond motifs is 1. The Morgan fingerprint density at radius 3 is 2.48 bits per heavy atom. The summed E-state index contributed by atoms with van der Waals surface area (Å²) in [5.74, 6) is 0.954. The molecule has 0 bridgehead atoms. The molecule has 7 heteroatoms. The lowest BCUT2D eigenvalue weighted by molar-refractivity contribution is 0.102. The number of carbonyl (C=O) groups is 1. The van der Waals surface area contributed by atoms with Crippen molar-refractivity contribution >= 4 is 39.0 Å². The van der Waals surface area contributed by atoms with Gasteiger partial charge in [0, 0.05) is 44.0 Å².